The summed E-state index contributed by atoms with van der Waals surface area (Å²) in [4.78, 5) is 34.3. The minimum Gasteiger partial charge on any atom is -0.408 e. The molecule has 0 aliphatic rings. The number of aromatic amines is 1. The molecule has 0 radical (unpaired) electrons. The molecule has 2 aromatic heterocycles. The average Bonchev–Trinajstić information content (AvgIpc) is 3.04. The summed E-state index contributed by atoms with van der Waals surface area (Å²) in [7, 11) is 0. The Bertz CT molecular complexity index is 1240. The topological polar surface area (TPSA) is 113 Å². The zero-order valence-electron chi connectivity index (χ0n) is 15.2. The van der Waals surface area contributed by atoms with Gasteiger partial charge in [-0.25, -0.2) is 9.78 Å². The molecular weight excluding hydrogens is 358 g/mol. The summed E-state index contributed by atoms with van der Waals surface area (Å²) in [5.74, 6) is 0.505. The van der Waals surface area contributed by atoms with E-state index in [1.807, 2.05) is 13.0 Å². The number of hydrogen-bond donors (Lipinski definition) is 3. The number of nitrogens with one attached hydrogen (secondary N) is 3. The van der Waals surface area contributed by atoms with E-state index in [1.54, 1.807) is 42.6 Å². The number of oxazole rings is 1. The second kappa shape index (κ2) is 6.99. The van der Waals surface area contributed by atoms with Crippen molar-refractivity contribution >= 4 is 40.0 Å². The second-order valence-corrected chi connectivity index (χ2v) is 6.34. The quantitative estimate of drug-likeness (QED) is 0.453. The molecule has 0 saturated carbocycles. The van der Waals surface area contributed by atoms with Crippen LogP contribution in [-0.2, 0) is 0 Å². The Kier molecular flexibility index (Phi) is 4.36. The van der Waals surface area contributed by atoms with Crippen molar-refractivity contribution in [2.24, 2.45) is 0 Å². The summed E-state index contributed by atoms with van der Waals surface area (Å²) in [5, 5.41) is 6.33. The fourth-order valence-electron chi connectivity index (χ4n) is 2.74. The number of ketones is 1. The van der Waals surface area contributed by atoms with Gasteiger partial charge in [0.15, 0.2) is 11.4 Å². The molecule has 8 nitrogen and oxygen atoms in total. The highest BCUT2D eigenvalue weighted by Crippen LogP contribution is 2.23. The lowest BCUT2D eigenvalue weighted by molar-refractivity contribution is 0.101. The number of Topliss-reactive ketones (excluding diaryl/α,β-unsaturated/α-hetero) is 1. The number of aryl methyl sites for hydroxylation is 1. The molecule has 0 spiro atoms. The molecule has 0 unspecified atom stereocenters. The zero-order chi connectivity index (χ0) is 19.7. The molecule has 2 heterocycles. The van der Waals surface area contributed by atoms with Crippen LogP contribution in [0.2, 0.25) is 0 Å². The molecule has 0 fully saturated rings. The van der Waals surface area contributed by atoms with Crippen LogP contribution in [0.5, 0.6) is 0 Å². The molecular formula is C20H17N5O3. The van der Waals surface area contributed by atoms with Gasteiger partial charge in [0.05, 0.1) is 5.52 Å². The Morgan fingerprint density at radius 2 is 1.93 bits per heavy atom. The Labute approximate surface area is 159 Å². The van der Waals surface area contributed by atoms with Gasteiger partial charge in [-0.3, -0.25) is 9.78 Å². The fourth-order valence-corrected chi connectivity index (χ4v) is 2.74. The van der Waals surface area contributed by atoms with Crippen molar-refractivity contribution < 1.29 is 9.21 Å². The van der Waals surface area contributed by atoms with Gasteiger partial charge in [-0.05, 0) is 44.2 Å². The third-order valence-corrected chi connectivity index (χ3v) is 4.18. The summed E-state index contributed by atoms with van der Waals surface area (Å²) in [6.45, 7) is 3.41. The van der Waals surface area contributed by atoms with Crippen molar-refractivity contribution in [3.05, 3.63) is 70.3 Å². The summed E-state index contributed by atoms with van der Waals surface area (Å²) in [6.07, 6.45) is 1.70. The molecule has 0 saturated heterocycles. The Morgan fingerprint density at radius 1 is 1.11 bits per heavy atom. The molecule has 28 heavy (non-hydrogen) atoms. The minimum atomic E-state index is -0.496. The molecule has 0 amide bonds. The monoisotopic (exact) mass is 375 g/mol. The van der Waals surface area contributed by atoms with Gasteiger partial charge in [0, 0.05) is 28.7 Å². The van der Waals surface area contributed by atoms with Crippen LogP contribution in [0.15, 0.2) is 57.9 Å². The van der Waals surface area contributed by atoms with Crippen molar-refractivity contribution in [3.8, 4) is 0 Å². The van der Waals surface area contributed by atoms with Crippen LogP contribution < -0.4 is 16.4 Å². The Balaban J connectivity index is 1.60. The number of benzene rings is 2. The van der Waals surface area contributed by atoms with Gasteiger partial charge >= 0.3 is 5.76 Å². The van der Waals surface area contributed by atoms with Crippen LogP contribution in [0.4, 0.5) is 23.1 Å². The molecule has 3 N–H and O–H groups in total. The van der Waals surface area contributed by atoms with Gasteiger partial charge in [0.25, 0.3) is 0 Å². The van der Waals surface area contributed by atoms with Crippen LogP contribution >= 0.6 is 0 Å². The first-order valence-corrected chi connectivity index (χ1v) is 8.59. The second-order valence-electron chi connectivity index (χ2n) is 6.34. The van der Waals surface area contributed by atoms with Gasteiger partial charge in [-0.1, -0.05) is 12.1 Å². The van der Waals surface area contributed by atoms with E-state index in [2.05, 4.69) is 25.6 Å². The van der Waals surface area contributed by atoms with Crippen LogP contribution in [0.1, 0.15) is 22.8 Å². The number of anilines is 4. The highest BCUT2D eigenvalue weighted by Gasteiger charge is 2.08. The molecule has 0 aliphatic carbocycles. The third kappa shape index (κ3) is 3.61. The van der Waals surface area contributed by atoms with E-state index in [4.69, 9.17) is 4.42 Å². The SMILES string of the molecule is CC(=O)c1cccc(Nc2ncc(C)c(Nc3ccc4oc(=O)[nH]c4c3)n2)c1. The Hall–Kier alpha value is -3.94. The smallest absolute Gasteiger partial charge is 0.408 e. The van der Waals surface area contributed by atoms with Crippen molar-refractivity contribution in [2.45, 2.75) is 13.8 Å². The predicted molar refractivity (Wildman–Crippen MR) is 107 cm³/mol. The maximum Gasteiger partial charge on any atom is 0.417 e. The highest BCUT2D eigenvalue weighted by molar-refractivity contribution is 5.95. The van der Waals surface area contributed by atoms with E-state index < -0.39 is 5.76 Å². The lowest BCUT2D eigenvalue weighted by Gasteiger charge is -2.11. The van der Waals surface area contributed by atoms with Crippen LogP contribution in [-0.4, -0.2) is 20.7 Å². The minimum absolute atomic E-state index is 0.0106. The van der Waals surface area contributed by atoms with Crippen LogP contribution in [0, 0.1) is 6.92 Å². The van der Waals surface area contributed by atoms with Gasteiger partial charge in [-0.15, -0.1) is 0 Å². The lowest BCUT2D eigenvalue weighted by Crippen LogP contribution is -2.03. The molecule has 2 aromatic carbocycles. The summed E-state index contributed by atoms with van der Waals surface area (Å²) < 4.78 is 5.01. The number of H-pyrrole nitrogens is 1. The standard InChI is InChI=1S/C20H17N5O3/c1-11-10-21-19(23-14-5-3-4-13(8-14)12(2)26)25-18(11)22-15-6-7-17-16(9-15)24-20(27)28-17/h3-10H,1-2H3,(H,24,27)(H2,21,22,23,25). The first kappa shape index (κ1) is 17.5. The number of hydrogen-bond acceptors (Lipinski definition) is 7. The lowest BCUT2D eigenvalue weighted by atomic mass is 10.1. The summed E-state index contributed by atoms with van der Waals surface area (Å²) >= 11 is 0. The molecule has 140 valence electrons. The number of carbonyl (C=O) groups is 1. The summed E-state index contributed by atoms with van der Waals surface area (Å²) in [6, 6.07) is 12.4. The van der Waals surface area contributed by atoms with Crippen molar-refractivity contribution in [3.63, 3.8) is 0 Å². The predicted octanol–water partition coefficient (Wildman–Crippen LogP) is 3.91. The number of fused-ring (bicyclic) bond motifs is 1. The van der Waals surface area contributed by atoms with Crippen LogP contribution in [0.3, 0.4) is 0 Å². The molecule has 4 rings (SSSR count). The average molecular weight is 375 g/mol. The molecule has 4 aromatic rings. The number of rotatable bonds is 5. The van der Waals surface area contributed by atoms with Gasteiger partial charge in [-0.2, -0.15) is 4.98 Å². The van der Waals surface area contributed by atoms with Gasteiger partial charge in [0.2, 0.25) is 5.95 Å². The van der Waals surface area contributed by atoms with Crippen molar-refractivity contribution in [1.29, 1.82) is 0 Å². The van der Waals surface area contributed by atoms with E-state index in [0.717, 1.165) is 16.9 Å². The zero-order valence-corrected chi connectivity index (χ0v) is 15.2. The first-order chi connectivity index (χ1) is 13.5. The van der Waals surface area contributed by atoms with Gasteiger partial charge in [0.1, 0.15) is 5.82 Å². The summed E-state index contributed by atoms with van der Waals surface area (Å²) in [5.41, 5.74) is 4.02. The highest BCUT2D eigenvalue weighted by atomic mass is 16.4. The fraction of sp³-hybridized carbons (Fsp3) is 0.100. The molecule has 8 heteroatoms. The maximum absolute atomic E-state index is 11.5. The van der Waals surface area contributed by atoms with Crippen LogP contribution in [0.25, 0.3) is 11.1 Å². The number of aromatic nitrogens is 3. The third-order valence-electron chi connectivity index (χ3n) is 4.18. The molecule has 0 aliphatic heterocycles. The van der Waals surface area contributed by atoms with E-state index in [0.29, 0.717) is 28.4 Å². The van der Waals surface area contributed by atoms with E-state index in [-0.39, 0.29) is 5.78 Å². The molecule has 0 atom stereocenters. The Morgan fingerprint density at radius 3 is 2.75 bits per heavy atom. The number of carbonyl (C=O) groups excluding carboxylic acids is 1. The van der Waals surface area contributed by atoms with E-state index >= 15 is 0 Å². The normalized spacial score (nSPS) is 10.8. The number of nitrogens with zero attached hydrogens (tertiary/aromatic N) is 2. The maximum atomic E-state index is 11.5. The first-order valence-electron chi connectivity index (χ1n) is 8.59. The van der Waals surface area contributed by atoms with Crippen molar-refractivity contribution in [1.82, 2.24) is 15.0 Å². The van der Waals surface area contributed by atoms with E-state index in [9.17, 15) is 9.59 Å². The molecule has 0 bridgehead atoms. The van der Waals surface area contributed by atoms with E-state index in [1.165, 1.54) is 6.92 Å². The largest absolute Gasteiger partial charge is 0.417 e. The van der Waals surface area contributed by atoms with Crippen molar-refractivity contribution in [2.75, 3.05) is 10.6 Å². The van der Waals surface area contributed by atoms with Gasteiger partial charge < -0.3 is 15.1 Å².